The van der Waals surface area contributed by atoms with Crippen LogP contribution in [0, 0.1) is 17.8 Å². The molecular formula is C72H140O17P2. The predicted molar refractivity (Wildman–Crippen MR) is 368 cm³/mol. The fourth-order valence-electron chi connectivity index (χ4n) is 10.9. The summed E-state index contributed by atoms with van der Waals surface area (Å²) in [5.41, 5.74) is 0. The molecule has 0 amide bonds. The van der Waals surface area contributed by atoms with E-state index in [0.29, 0.717) is 25.7 Å². The van der Waals surface area contributed by atoms with E-state index in [9.17, 15) is 43.2 Å². The Balaban J connectivity index is 5.25. The molecule has 0 spiro atoms. The third-order valence-corrected chi connectivity index (χ3v) is 18.9. The van der Waals surface area contributed by atoms with E-state index in [1.165, 1.54) is 167 Å². The van der Waals surface area contributed by atoms with Crippen LogP contribution in [-0.2, 0) is 65.4 Å². The third kappa shape index (κ3) is 65.1. The summed E-state index contributed by atoms with van der Waals surface area (Å²) < 4.78 is 68.4. The van der Waals surface area contributed by atoms with Crippen LogP contribution in [0.2, 0.25) is 0 Å². The fraction of sp³-hybridized carbons (Fsp3) is 0.944. The summed E-state index contributed by atoms with van der Waals surface area (Å²) in [4.78, 5) is 72.6. The quantitative estimate of drug-likeness (QED) is 0.0222. The van der Waals surface area contributed by atoms with Gasteiger partial charge in [-0.3, -0.25) is 37.3 Å². The van der Waals surface area contributed by atoms with Gasteiger partial charge in [-0.2, -0.15) is 0 Å². The van der Waals surface area contributed by atoms with E-state index in [1.54, 1.807) is 0 Å². The highest BCUT2D eigenvalue weighted by Crippen LogP contribution is 2.45. The number of esters is 4. The zero-order chi connectivity index (χ0) is 67.3. The van der Waals surface area contributed by atoms with Crippen molar-refractivity contribution in [2.45, 2.75) is 381 Å². The normalized spacial score (nSPS) is 14.5. The van der Waals surface area contributed by atoms with Gasteiger partial charge < -0.3 is 33.8 Å². The lowest BCUT2D eigenvalue weighted by atomic mass is 10.00. The first-order valence-electron chi connectivity index (χ1n) is 37.4. The first kappa shape index (κ1) is 89.1. The largest absolute Gasteiger partial charge is 0.472 e. The van der Waals surface area contributed by atoms with Gasteiger partial charge in [-0.25, -0.2) is 9.13 Å². The average Bonchev–Trinajstić information content (AvgIpc) is 3.05. The zero-order valence-corrected chi connectivity index (χ0v) is 61.1. The Hall–Kier alpha value is -1.94. The Bertz CT molecular complexity index is 1790. The van der Waals surface area contributed by atoms with Gasteiger partial charge in [-0.15, -0.1) is 0 Å². The smallest absolute Gasteiger partial charge is 0.462 e. The van der Waals surface area contributed by atoms with Crippen molar-refractivity contribution in [1.29, 1.82) is 0 Å². The molecule has 17 nitrogen and oxygen atoms in total. The van der Waals surface area contributed by atoms with Crippen molar-refractivity contribution in [2.24, 2.45) is 17.8 Å². The lowest BCUT2D eigenvalue weighted by Gasteiger charge is -2.21. The molecule has 19 heteroatoms. The molecule has 6 atom stereocenters. The number of unbranched alkanes of at least 4 members (excludes halogenated alkanes) is 37. The van der Waals surface area contributed by atoms with Gasteiger partial charge in [0.25, 0.3) is 0 Å². The summed E-state index contributed by atoms with van der Waals surface area (Å²) >= 11 is 0. The van der Waals surface area contributed by atoms with Gasteiger partial charge >= 0.3 is 39.5 Å². The second kappa shape index (κ2) is 62.8. The zero-order valence-electron chi connectivity index (χ0n) is 59.3. The standard InChI is InChI=1S/C72H140O17P2/c1-8-10-11-12-13-14-19-27-32-41-48-55-71(76)89-68(60-83-70(75)54-47-40-35-34-38-45-52-65(7)9-2)62-87-91(80,81)85-58-66(73)57-84-90(78,79)86-61-67(88-72(77)56-49-42-33-28-23-18-16-21-25-30-37-44-51-64(5)6)59-82-69(74)53-46-39-31-26-22-17-15-20-24-29-36-43-50-63(3)4/h63-68,73H,8-62H2,1-7H3,(H,78,79)(H,80,81)/t65?,66-,67-,68-/m1/s1. The molecule has 0 heterocycles. The lowest BCUT2D eigenvalue weighted by Crippen LogP contribution is -2.30. The molecule has 0 radical (unpaired) electrons. The van der Waals surface area contributed by atoms with Crippen molar-refractivity contribution in [3.8, 4) is 0 Å². The molecule has 3 N–H and O–H groups in total. The van der Waals surface area contributed by atoms with Crippen molar-refractivity contribution in [3.05, 3.63) is 0 Å². The first-order chi connectivity index (χ1) is 43.8. The minimum Gasteiger partial charge on any atom is -0.462 e. The van der Waals surface area contributed by atoms with Crippen LogP contribution in [0.25, 0.3) is 0 Å². The van der Waals surface area contributed by atoms with E-state index in [4.69, 9.17) is 37.0 Å². The highest BCUT2D eigenvalue weighted by molar-refractivity contribution is 7.47. The summed E-state index contributed by atoms with van der Waals surface area (Å²) in [6.07, 6.45) is 47.1. The molecule has 0 aromatic carbocycles. The number of aliphatic hydroxyl groups is 1. The summed E-state index contributed by atoms with van der Waals surface area (Å²) in [5, 5.41) is 10.6. The number of rotatable bonds is 70. The molecule has 0 aromatic heterocycles. The van der Waals surface area contributed by atoms with E-state index in [1.807, 2.05) is 0 Å². The summed E-state index contributed by atoms with van der Waals surface area (Å²) in [6, 6.07) is 0. The molecule has 0 rings (SSSR count). The molecule has 0 aliphatic carbocycles. The number of carbonyl (C=O) groups is 4. The molecule has 0 aliphatic rings. The Kier molecular flexibility index (Phi) is 61.5. The van der Waals surface area contributed by atoms with E-state index in [-0.39, 0.29) is 25.7 Å². The summed E-state index contributed by atoms with van der Waals surface area (Å²) in [7, 11) is -9.90. The van der Waals surface area contributed by atoms with Crippen LogP contribution in [0.3, 0.4) is 0 Å². The Morgan fingerprint density at radius 3 is 0.835 bits per heavy atom. The summed E-state index contributed by atoms with van der Waals surface area (Å²) in [6.45, 7) is 11.8. The van der Waals surface area contributed by atoms with Crippen LogP contribution < -0.4 is 0 Å². The van der Waals surface area contributed by atoms with Crippen molar-refractivity contribution < 1.29 is 80.2 Å². The second-order valence-electron chi connectivity index (χ2n) is 27.2. The Morgan fingerprint density at radius 2 is 0.560 bits per heavy atom. The van der Waals surface area contributed by atoms with E-state index in [2.05, 4.69) is 48.5 Å². The van der Waals surface area contributed by atoms with Gasteiger partial charge in [0, 0.05) is 25.7 Å². The highest BCUT2D eigenvalue weighted by atomic mass is 31.2. The van der Waals surface area contributed by atoms with Crippen molar-refractivity contribution in [2.75, 3.05) is 39.6 Å². The molecule has 3 unspecified atom stereocenters. The third-order valence-electron chi connectivity index (χ3n) is 17.0. The van der Waals surface area contributed by atoms with Crippen LogP contribution in [0.1, 0.15) is 363 Å². The average molecular weight is 1340 g/mol. The summed E-state index contributed by atoms with van der Waals surface area (Å²) in [5.74, 6) is 0.166. The van der Waals surface area contributed by atoms with Crippen LogP contribution in [-0.4, -0.2) is 96.7 Å². The Morgan fingerprint density at radius 1 is 0.319 bits per heavy atom. The molecule has 91 heavy (non-hydrogen) atoms. The number of phosphoric ester groups is 2. The lowest BCUT2D eigenvalue weighted by molar-refractivity contribution is -0.161. The Labute approximate surface area is 556 Å². The van der Waals surface area contributed by atoms with Crippen molar-refractivity contribution >= 4 is 39.5 Å². The number of ether oxygens (including phenoxy) is 4. The van der Waals surface area contributed by atoms with Crippen LogP contribution in [0.5, 0.6) is 0 Å². The molecule has 0 bridgehead atoms. The minimum absolute atomic E-state index is 0.106. The van der Waals surface area contributed by atoms with Crippen LogP contribution in [0.4, 0.5) is 0 Å². The second-order valence-corrected chi connectivity index (χ2v) is 30.1. The monoisotopic (exact) mass is 1340 g/mol. The van der Waals surface area contributed by atoms with Gasteiger partial charge in [0.2, 0.25) is 0 Å². The molecule has 0 fully saturated rings. The van der Waals surface area contributed by atoms with E-state index >= 15 is 0 Å². The van der Waals surface area contributed by atoms with E-state index < -0.39 is 97.5 Å². The van der Waals surface area contributed by atoms with E-state index in [0.717, 1.165) is 114 Å². The fourth-order valence-corrected chi connectivity index (χ4v) is 12.4. The minimum atomic E-state index is -4.95. The highest BCUT2D eigenvalue weighted by Gasteiger charge is 2.30. The number of aliphatic hydroxyl groups excluding tert-OH is 1. The number of hydrogen-bond acceptors (Lipinski definition) is 15. The number of hydrogen-bond donors (Lipinski definition) is 3. The molecule has 540 valence electrons. The van der Waals surface area contributed by atoms with Gasteiger partial charge in [-0.1, -0.05) is 312 Å². The predicted octanol–water partition coefficient (Wildman–Crippen LogP) is 20.6. The number of phosphoric acid groups is 2. The van der Waals surface area contributed by atoms with Crippen molar-refractivity contribution in [1.82, 2.24) is 0 Å². The number of carbonyl (C=O) groups excluding carboxylic acids is 4. The van der Waals surface area contributed by atoms with Gasteiger partial charge in [-0.05, 0) is 43.4 Å². The topological polar surface area (TPSA) is 237 Å². The molecule has 0 aliphatic heterocycles. The molecule has 0 saturated carbocycles. The molecule has 0 aromatic rings. The molecular weight excluding hydrogens is 1200 g/mol. The van der Waals surface area contributed by atoms with Gasteiger partial charge in [0.15, 0.2) is 12.2 Å². The maximum Gasteiger partial charge on any atom is 0.472 e. The maximum atomic E-state index is 13.0. The van der Waals surface area contributed by atoms with Crippen LogP contribution in [0.15, 0.2) is 0 Å². The van der Waals surface area contributed by atoms with Gasteiger partial charge in [0.05, 0.1) is 26.4 Å². The maximum absolute atomic E-state index is 13.0. The van der Waals surface area contributed by atoms with Crippen LogP contribution >= 0.6 is 15.6 Å². The molecule has 0 saturated heterocycles. The first-order valence-corrected chi connectivity index (χ1v) is 40.4. The van der Waals surface area contributed by atoms with Gasteiger partial charge in [0.1, 0.15) is 19.3 Å². The van der Waals surface area contributed by atoms with Crippen molar-refractivity contribution in [3.63, 3.8) is 0 Å². The SMILES string of the molecule is CCCCCCCCCCCCCC(=O)O[C@H](COC(=O)CCCCCCCCC(C)CC)COP(=O)(O)OC[C@H](O)COP(=O)(O)OC[C@@H](COC(=O)CCCCCCCCCCCCCCC(C)C)OC(=O)CCCCCCCCCCCCCCC(C)C.